The molecule has 21 heavy (non-hydrogen) atoms. The molecule has 0 aromatic carbocycles. The number of aromatic amines is 1. The predicted molar refractivity (Wildman–Crippen MR) is 86.4 cm³/mol. The number of H-pyrrole nitrogens is 1. The number of nitrogens with zero attached hydrogens (tertiary/aromatic N) is 3. The van der Waals surface area contributed by atoms with E-state index in [-0.39, 0.29) is 5.54 Å². The summed E-state index contributed by atoms with van der Waals surface area (Å²) in [5.41, 5.74) is 1.12. The molecule has 1 unspecified atom stereocenters. The Balaban J connectivity index is 1.76. The van der Waals surface area contributed by atoms with E-state index in [1.54, 1.807) is 6.33 Å². The molecule has 0 spiro atoms. The van der Waals surface area contributed by atoms with Crippen LogP contribution >= 0.6 is 0 Å². The van der Waals surface area contributed by atoms with Crippen LogP contribution in [-0.4, -0.2) is 44.5 Å². The second-order valence-electron chi connectivity index (χ2n) is 6.35. The average molecular weight is 285 g/mol. The number of hydrogen-bond acceptors (Lipinski definition) is 4. The van der Waals surface area contributed by atoms with E-state index in [1.165, 1.54) is 6.42 Å². The van der Waals surface area contributed by atoms with Crippen molar-refractivity contribution in [2.75, 3.05) is 18.4 Å². The van der Waals surface area contributed by atoms with Crippen molar-refractivity contribution in [1.29, 1.82) is 0 Å². The Morgan fingerprint density at radius 3 is 3.19 bits per heavy atom. The average Bonchev–Trinajstić information content (AvgIpc) is 2.92. The summed E-state index contributed by atoms with van der Waals surface area (Å²) < 4.78 is 0. The van der Waals surface area contributed by atoms with E-state index in [0.29, 0.717) is 6.04 Å². The first-order valence-electron chi connectivity index (χ1n) is 7.51. The summed E-state index contributed by atoms with van der Waals surface area (Å²) in [7, 11) is 0. The van der Waals surface area contributed by atoms with E-state index in [1.807, 2.05) is 18.3 Å². The van der Waals surface area contributed by atoms with Crippen molar-refractivity contribution in [3.8, 4) is 0 Å². The topological polar surface area (TPSA) is 56.8 Å². The van der Waals surface area contributed by atoms with Crippen LogP contribution in [0.25, 0.3) is 11.0 Å². The molecular formula is C16H23N5. The van der Waals surface area contributed by atoms with Crippen molar-refractivity contribution in [2.24, 2.45) is 0 Å². The molecule has 2 aromatic heterocycles. The molecule has 1 aliphatic rings. The van der Waals surface area contributed by atoms with E-state index in [4.69, 9.17) is 0 Å². The van der Waals surface area contributed by atoms with Crippen molar-refractivity contribution in [1.82, 2.24) is 19.9 Å². The van der Waals surface area contributed by atoms with Crippen molar-refractivity contribution in [3.63, 3.8) is 0 Å². The summed E-state index contributed by atoms with van der Waals surface area (Å²) in [5, 5.41) is 4.64. The quantitative estimate of drug-likeness (QED) is 0.848. The van der Waals surface area contributed by atoms with Gasteiger partial charge in [0.25, 0.3) is 0 Å². The molecule has 0 aliphatic carbocycles. The lowest BCUT2D eigenvalue weighted by atomic mass is 9.88. The van der Waals surface area contributed by atoms with E-state index in [0.717, 1.165) is 36.4 Å². The van der Waals surface area contributed by atoms with Gasteiger partial charge in [0.05, 0.1) is 5.39 Å². The smallest absolute Gasteiger partial charge is 0.142 e. The van der Waals surface area contributed by atoms with Crippen LogP contribution in [0.4, 0.5) is 5.82 Å². The van der Waals surface area contributed by atoms with Gasteiger partial charge in [0.15, 0.2) is 0 Å². The van der Waals surface area contributed by atoms with Crippen LogP contribution in [0.2, 0.25) is 0 Å². The molecule has 0 bridgehead atoms. The molecule has 0 amide bonds. The van der Waals surface area contributed by atoms with Gasteiger partial charge < -0.3 is 10.3 Å². The van der Waals surface area contributed by atoms with Gasteiger partial charge in [-0.3, -0.25) is 4.90 Å². The Hall–Kier alpha value is -1.88. The zero-order valence-corrected chi connectivity index (χ0v) is 12.8. The fraction of sp³-hybridized carbons (Fsp3) is 0.500. The van der Waals surface area contributed by atoms with Gasteiger partial charge >= 0.3 is 0 Å². The largest absolute Gasteiger partial charge is 0.365 e. The van der Waals surface area contributed by atoms with Gasteiger partial charge in [0, 0.05) is 30.9 Å². The van der Waals surface area contributed by atoms with E-state index in [2.05, 4.69) is 45.6 Å². The Morgan fingerprint density at radius 2 is 2.38 bits per heavy atom. The van der Waals surface area contributed by atoms with Crippen LogP contribution in [0, 0.1) is 0 Å². The summed E-state index contributed by atoms with van der Waals surface area (Å²) in [6.45, 7) is 10.4. The maximum Gasteiger partial charge on any atom is 0.142 e. The second kappa shape index (κ2) is 5.48. The second-order valence-corrected chi connectivity index (χ2v) is 6.35. The molecule has 2 aromatic rings. The number of nitrogens with one attached hydrogen (secondary N) is 2. The summed E-state index contributed by atoms with van der Waals surface area (Å²) in [4.78, 5) is 14.2. The minimum absolute atomic E-state index is 0.238. The molecule has 0 saturated carbocycles. The fourth-order valence-electron chi connectivity index (χ4n) is 3.07. The predicted octanol–water partition coefficient (Wildman–Crippen LogP) is 2.80. The highest BCUT2D eigenvalue weighted by Gasteiger charge is 2.33. The number of anilines is 1. The van der Waals surface area contributed by atoms with E-state index < -0.39 is 0 Å². The number of rotatable bonds is 4. The number of piperidine rings is 1. The molecule has 112 valence electrons. The maximum atomic E-state index is 4.40. The summed E-state index contributed by atoms with van der Waals surface area (Å²) in [6, 6.07) is 2.43. The Kier molecular flexibility index (Phi) is 3.68. The SMILES string of the molecule is C=CCN1CC(Nc2ncnc3[nH]ccc23)CCC1(C)C. The summed E-state index contributed by atoms with van der Waals surface area (Å²) >= 11 is 0. The van der Waals surface area contributed by atoms with E-state index in [9.17, 15) is 0 Å². The Labute approximate surface area is 125 Å². The van der Waals surface area contributed by atoms with Gasteiger partial charge in [0.1, 0.15) is 17.8 Å². The number of fused-ring (bicyclic) bond motifs is 1. The third-order valence-corrected chi connectivity index (χ3v) is 4.45. The minimum Gasteiger partial charge on any atom is -0.365 e. The van der Waals surface area contributed by atoms with Gasteiger partial charge in [-0.2, -0.15) is 0 Å². The third-order valence-electron chi connectivity index (χ3n) is 4.45. The third kappa shape index (κ3) is 2.78. The van der Waals surface area contributed by atoms with Gasteiger partial charge in [-0.15, -0.1) is 6.58 Å². The molecule has 5 heteroatoms. The van der Waals surface area contributed by atoms with Crippen LogP contribution in [0.15, 0.2) is 31.2 Å². The first kappa shape index (κ1) is 14.1. The molecular weight excluding hydrogens is 262 g/mol. The Bertz CT molecular complexity index is 630. The van der Waals surface area contributed by atoms with Crippen LogP contribution in [-0.2, 0) is 0 Å². The number of aromatic nitrogens is 3. The van der Waals surface area contributed by atoms with Crippen molar-refractivity contribution in [2.45, 2.75) is 38.3 Å². The molecule has 5 nitrogen and oxygen atoms in total. The van der Waals surface area contributed by atoms with Gasteiger partial charge in [0.2, 0.25) is 0 Å². The first-order valence-corrected chi connectivity index (χ1v) is 7.51. The number of likely N-dealkylation sites (tertiary alicyclic amines) is 1. The molecule has 1 atom stereocenters. The molecule has 1 fully saturated rings. The van der Waals surface area contributed by atoms with Crippen molar-refractivity contribution >= 4 is 16.9 Å². The van der Waals surface area contributed by atoms with Crippen molar-refractivity contribution < 1.29 is 0 Å². The fourth-order valence-corrected chi connectivity index (χ4v) is 3.07. The minimum atomic E-state index is 0.238. The highest BCUT2D eigenvalue weighted by atomic mass is 15.2. The Morgan fingerprint density at radius 1 is 1.52 bits per heavy atom. The molecule has 2 N–H and O–H groups in total. The standard InChI is InChI=1S/C16H23N5/c1-4-9-21-10-12(5-7-16(21,2)3)20-15-13-6-8-17-14(13)18-11-19-15/h4,6,8,11-12H,1,5,7,9-10H2,2-3H3,(H2,17,18,19,20). The maximum absolute atomic E-state index is 4.40. The van der Waals surface area contributed by atoms with E-state index >= 15 is 0 Å². The molecule has 1 saturated heterocycles. The molecule has 3 rings (SSSR count). The molecule has 3 heterocycles. The van der Waals surface area contributed by atoms with Gasteiger partial charge in [-0.05, 0) is 32.8 Å². The van der Waals surface area contributed by atoms with Gasteiger partial charge in [-0.1, -0.05) is 6.08 Å². The lowest BCUT2D eigenvalue weighted by Crippen LogP contribution is -2.53. The molecule has 1 aliphatic heterocycles. The van der Waals surface area contributed by atoms with Crippen LogP contribution < -0.4 is 5.32 Å². The normalized spacial score (nSPS) is 22.3. The molecule has 0 radical (unpaired) electrons. The monoisotopic (exact) mass is 285 g/mol. The summed E-state index contributed by atoms with van der Waals surface area (Å²) in [6.07, 6.45) is 7.81. The highest BCUT2D eigenvalue weighted by Crippen LogP contribution is 2.29. The first-order chi connectivity index (χ1) is 10.1. The van der Waals surface area contributed by atoms with Crippen LogP contribution in [0.5, 0.6) is 0 Å². The zero-order chi connectivity index (χ0) is 14.9. The lowest BCUT2D eigenvalue weighted by Gasteiger charge is -2.45. The van der Waals surface area contributed by atoms with Crippen molar-refractivity contribution in [3.05, 3.63) is 31.2 Å². The lowest BCUT2D eigenvalue weighted by molar-refractivity contribution is 0.0832. The summed E-state index contributed by atoms with van der Waals surface area (Å²) in [5.74, 6) is 0.921. The van der Waals surface area contributed by atoms with Crippen LogP contribution in [0.3, 0.4) is 0 Å². The number of hydrogen-bond donors (Lipinski definition) is 2. The highest BCUT2D eigenvalue weighted by molar-refractivity contribution is 5.86. The van der Waals surface area contributed by atoms with Gasteiger partial charge in [-0.25, -0.2) is 9.97 Å². The van der Waals surface area contributed by atoms with Crippen LogP contribution in [0.1, 0.15) is 26.7 Å². The zero-order valence-electron chi connectivity index (χ0n) is 12.8.